The predicted molar refractivity (Wildman–Crippen MR) is 146 cm³/mol. The van der Waals surface area contributed by atoms with Gasteiger partial charge in [-0.25, -0.2) is 18.7 Å². The average molecular weight is 519 g/mol. The van der Waals surface area contributed by atoms with Crippen molar-refractivity contribution in [2.75, 3.05) is 56.2 Å². The molecule has 4 aromatic rings. The third kappa shape index (κ3) is 4.55. The number of nitrogens with zero attached hydrogens (tertiary/aromatic N) is 5. The minimum absolute atomic E-state index is 0.0873. The van der Waals surface area contributed by atoms with Crippen LogP contribution in [0.25, 0.3) is 22.2 Å². The molecule has 2 aromatic heterocycles. The molecule has 1 N–H and O–H groups in total. The first-order chi connectivity index (χ1) is 18.4. The molecule has 2 aliphatic heterocycles. The Hall–Kier alpha value is -3.72. The third-order valence-electron chi connectivity index (χ3n) is 7.53. The van der Waals surface area contributed by atoms with Gasteiger partial charge in [-0.05, 0) is 44.7 Å². The van der Waals surface area contributed by atoms with E-state index in [4.69, 9.17) is 4.74 Å². The van der Waals surface area contributed by atoms with E-state index in [-0.39, 0.29) is 17.5 Å². The zero-order chi connectivity index (χ0) is 26.4. The fourth-order valence-electron chi connectivity index (χ4n) is 5.43. The second-order valence-electron chi connectivity index (χ2n) is 10.4. The summed E-state index contributed by atoms with van der Waals surface area (Å²) in [5, 5.41) is 1.18. The van der Waals surface area contributed by atoms with Crippen molar-refractivity contribution in [3.05, 3.63) is 65.7 Å². The van der Waals surface area contributed by atoms with Crippen LogP contribution in [-0.4, -0.2) is 72.3 Å². The number of rotatable bonds is 5. The van der Waals surface area contributed by atoms with Crippen LogP contribution in [0.5, 0.6) is 5.75 Å². The summed E-state index contributed by atoms with van der Waals surface area (Å²) in [6.07, 6.45) is 3.67. The minimum atomic E-state index is -0.586. The van der Waals surface area contributed by atoms with E-state index in [0.717, 1.165) is 37.3 Å². The zero-order valence-electron chi connectivity index (χ0n) is 22.0. The van der Waals surface area contributed by atoms with Crippen molar-refractivity contribution in [3.8, 4) is 17.0 Å². The van der Waals surface area contributed by atoms with Crippen LogP contribution in [0, 0.1) is 11.6 Å². The van der Waals surface area contributed by atoms with E-state index in [0.29, 0.717) is 36.6 Å². The van der Waals surface area contributed by atoms with E-state index >= 15 is 4.39 Å². The molecule has 9 heteroatoms. The number of likely N-dealkylation sites (N-methyl/N-ethyl adjacent to an activating group) is 1. The second-order valence-corrected chi connectivity index (χ2v) is 10.4. The SMILES string of the molecule is CC(C)N1CCOc2c(F)cc(-c3nc(Cc4ccc5c(N6CCN(C)CC6)c[nH]c5c4)ncc3F)cc21. The van der Waals surface area contributed by atoms with Crippen LogP contribution in [0.4, 0.5) is 20.2 Å². The van der Waals surface area contributed by atoms with Crippen molar-refractivity contribution in [2.45, 2.75) is 26.3 Å². The molecular formula is C29H32F2N6O. The maximum Gasteiger partial charge on any atom is 0.178 e. The van der Waals surface area contributed by atoms with Crippen molar-refractivity contribution in [3.63, 3.8) is 0 Å². The largest absolute Gasteiger partial charge is 0.486 e. The summed E-state index contributed by atoms with van der Waals surface area (Å²) in [6, 6.07) is 9.49. The van der Waals surface area contributed by atoms with Gasteiger partial charge in [-0.3, -0.25) is 0 Å². The number of H-pyrrole nitrogens is 1. The molecule has 0 spiro atoms. The summed E-state index contributed by atoms with van der Waals surface area (Å²) >= 11 is 0. The topological polar surface area (TPSA) is 60.5 Å². The summed E-state index contributed by atoms with van der Waals surface area (Å²) in [7, 11) is 2.15. The quantitative estimate of drug-likeness (QED) is 0.408. The van der Waals surface area contributed by atoms with Gasteiger partial charge < -0.3 is 24.4 Å². The maximum atomic E-state index is 15.0. The Labute approximate surface area is 221 Å². The fourth-order valence-corrected chi connectivity index (χ4v) is 5.43. The number of anilines is 2. The molecular weight excluding hydrogens is 486 g/mol. The van der Waals surface area contributed by atoms with Crippen LogP contribution in [0.3, 0.4) is 0 Å². The van der Waals surface area contributed by atoms with Crippen LogP contribution >= 0.6 is 0 Å². The van der Waals surface area contributed by atoms with Gasteiger partial charge in [0.25, 0.3) is 0 Å². The van der Waals surface area contributed by atoms with Gasteiger partial charge in [-0.15, -0.1) is 0 Å². The molecule has 2 aliphatic rings. The van der Waals surface area contributed by atoms with Crippen LogP contribution < -0.4 is 14.5 Å². The van der Waals surface area contributed by atoms with Crippen LogP contribution in [0.2, 0.25) is 0 Å². The molecule has 0 radical (unpaired) electrons. The molecule has 0 saturated carbocycles. The molecule has 198 valence electrons. The van der Waals surface area contributed by atoms with Crippen molar-refractivity contribution in [1.82, 2.24) is 19.9 Å². The van der Waals surface area contributed by atoms with E-state index in [1.165, 1.54) is 23.3 Å². The number of piperazine rings is 1. The Morgan fingerprint density at radius 2 is 1.82 bits per heavy atom. The van der Waals surface area contributed by atoms with Gasteiger partial charge in [-0.1, -0.05) is 12.1 Å². The van der Waals surface area contributed by atoms with Crippen molar-refractivity contribution in [2.24, 2.45) is 0 Å². The smallest absolute Gasteiger partial charge is 0.178 e. The lowest BCUT2D eigenvalue weighted by Gasteiger charge is -2.34. The Morgan fingerprint density at radius 3 is 2.61 bits per heavy atom. The second kappa shape index (κ2) is 9.87. The van der Waals surface area contributed by atoms with Gasteiger partial charge in [0.1, 0.15) is 18.1 Å². The van der Waals surface area contributed by atoms with Crippen LogP contribution in [0.15, 0.2) is 42.7 Å². The fraction of sp³-hybridized carbons (Fsp3) is 0.379. The number of hydrogen-bond acceptors (Lipinski definition) is 6. The number of halogens is 2. The predicted octanol–water partition coefficient (Wildman–Crippen LogP) is 4.85. The van der Waals surface area contributed by atoms with E-state index in [9.17, 15) is 4.39 Å². The van der Waals surface area contributed by atoms with Gasteiger partial charge >= 0.3 is 0 Å². The summed E-state index contributed by atoms with van der Waals surface area (Å²) in [4.78, 5) is 19.0. The van der Waals surface area contributed by atoms with E-state index < -0.39 is 11.6 Å². The molecule has 7 nitrogen and oxygen atoms in total. The van der Waals surface area contributed by atoms with Gasteiger partial charge in [0.15, 0.2) is 17.4 Å². The summed E-state index contributed by atoms with van der Waals surface area (Å²) < 4.78 is 35.5. The number of ether oxygens (including phenoxy) is 1. The first kappa shape index (κ1) is 24.6. The molecule has 1 saturated heterocycles. The van der Waals surface area contributed by atoms with Gasteiger partial charge in [0.05, 0.1) is 24.1 Å². The van der Waals surface area contributed by atoms with E-state index in [2.05, 4.69) is 61.1 Å². The third-order valence-corrected chi connectivity index (χ3v) is 7.53. The number of aromatic amines is 1. The molecule has 0 unspecified atom stereocenters. The van der Waals surface area contributed by atoms with Gasteiger partial charge in [-0.2, -0.15) is 0 Å². The number of benzene rings is 2. The van der Waals surface area contributed by atoms with E-state index in [1.54, 1.807) is 6.07 Å². The van der Waals surface area contributed by atoms with Crippen LogP contribution in [-0.2, 0) is 6.42 Å². The highest BCUT2D eigenvalue weighted by Gasteiger charge is 2.26. The molecule has 0 atom stereocenters. The lowest BCUT2D eigenvalue weighted by molar-refractivity contribution is 0.287. The highest BCUT2D eigenvalue weighted by atomic mass is 19.1. The number of fused-ring (bicyclic) bond motifs is 2. The Morgan fingerprint density at radius 1 is 1.00 bits per heavy atom. The molecule has 6 rings (SSSR count). The molecule has 2 aromatic carbocycles. The van der Waals surface area contributed by atoms with Gasteiger partial charge in [0.2, 0.25) is 0 Å². The minimum Gasteiger partial charge on any atom is -0.486 e. The average Bonchev–Trinajstić information content (AvgIpc) is 3.33. The van der Waals surface area contributed by atoms with Gasteiger partial charge in [0, 0.05) is 61.3 Å². The number of aromatic nitrogens is 3. The lowest BCUT2D eigenvalue weighted by Crippen LogP contribution is -2.44. The summed E-state index contributed by atoms with van der Waals surface area (Å²) in [5.41, 5.74) is 4.35. The van der Waals surface area contributed by atoms with Crippen molar-refractivity contribution >= 4 is 22.3 Å². The number of nitrogens with one attached hydrogen (secondary N) is 1. The van der Waals surface area contributed by atoms with Crippen molar-refractivity contribution < 1.29 is 13.5 Å². The van der Waals surface area contributed by atoms with E-state index in [1.807, 2.05) is 13.8 Å². The lowest BCUT2D eigenvalue weighted by atomic mass is 10.1. The zero-order valence-corrected chi connectivity index (χ0v) is 22.0. The number of hydrogen-bond donors (Lipinski definition) is 1. The normalized spacial score (nSPS) is 16.3. The maximum absolute atomic E-state index is 15.0. The molecule has 38 heavy (non-hydrogen) atoms. The first-order valence-corrected chi connectivity index (χ1v) is 13.2. The monoisotopic (exact) mass is 518 g/mol. The summed E-state index contributed by atoms with van der Waals surface area (Å²) in [5.74, 6) is -0.423. The highest BCUT2D eigenvalue weighted by molar-refractivity contribution is 5.93. The Bertz CT molecular complexity index is 1480. The first-order valence-electron chi connectivity index (χ1n) is 13.2. The molecule has 0 amide bonds. The molecule has 1 fully saturated rings. The van der Waals surface area contributed by atoms with Crippen LogP contribution in [0.1, 0.15) is 25.2 Å². The summed E-state index contributed by atoms with van der Waals surface area (Å²) in [6.45, 7) is 9.23. The van der Waals surface area contributed by atoms with Crippen molar-refractivity contribution in [1.29, 1.82) is 0 Å². The Kier molecular flexibility index (Phi) is 6.39. The molecule has 0 aliphatic carbocycles. The molecule has 4 heterocycles. The Balaban J connectivity index is 1.28. The highest BCUT2D eigenvalue weighted by Crippen LogP contribution is 2.39. The standard InChI is InChI=1S/C29H32F2N6O/c1-18(2)37-10-11-38-29-22(30)14-20(15-25(29)37)28-23(31)16-33-27(34-28)13-19-4-5-21-24(12-19)32-17-26(21)36-8-6-35(3)7-9-36/h4-5,12,14-18,32H,6-11,13H2,1-3H3. The molecule has 0 bridgehead atoms.